The normalized spacial score (nSPS) is 19.7. The third kappa shape index (κ3) is 5.02. The maximum atomic E-state index is 11.6. The molecular formula is C14H25N5O3S. The average Bonchev–Trinajstić information content (AvgIpc) is 3.04. The van der Waals surface area contributed by atoms with E-state index in [0.717, 1.165) is 25.9 Å². The molecule has 0 spiro atoms. The van der Waals surface area contributed by atoms with Crippen molar-refractivity contribution < 1.29 is 13.2 Å². The molecular weight excluding hydrogens is 318 g/mol. The first-order valence-electron chi connectivity index (χ1n) is 7.92. The van der Waals surface area contributed by atoms with Gasteiger partial charge in [0, 0.05) is 32.9 Å². The summed E-state index contributed by atoms with van der Waals surface area (Å²) < 4.78 is 27.3. The highest BCUT2D eigenvalue weighted by atomic mass is 32.2. The standard InChI is InChI=1S/C14H25N5O3S/c1-3-23(21,22)16-7-10-18-8-4-5-12(11-18)19-9-6-13(17-19)14(20)15-2/h6,9,12,16H,3-5,7-8,10-11H2,1-2H3,(H,15,20)/t12-/m1/s1. The van der Waals surface area contributed by atoms with Crippen molar-refractivity contribution in [3.05, 3.63) is 18.0 Å². The van der Waals surface area contributed by atoms with Crippen molar-refractivity contribution in [2.75, 3.05) is 39.0 Å². The maximum Gasteiger partial charge on any atom is 0.271 e. The van der Waals surface area contributed by atoms with Crippen LogP contribution in [0.1, 0.15) is 36.3 Å². The van der Waals surface area contributed by atoms with Crippen LogP contribution in [0.25, 0.3) is 0 Å². The van der Waals surface area contributed by atoms with Crippen LogP contribution in [0.5, 0.6) is 0 Å². The van der Waals surface area contributed by atoms with Gasteiger partial charge in [0.1, 0.15) is 5.69 Å². The molecule has 0 aliphatic carbocycles. The summed E-state index contributed by atoms with van der Waals surface area (Å²) in [5, 5.41) is 6.90. The molecule has 9 heteroatoms. The highest BCUT2D eigenvalue weighted by Gasteiger charge is 2.22. The molecule has 1 amide bonds. The van der Waals surface area contributed by atoms with Crippen LogP contribution in [-0.2, 0) is 10.0 Å². The van der Waals surface area contributed by atoms with Crippen LogP contribution in [0.3, 0.4) is 0 Å². The number of piperidine rings is 1. The molecule has 2 rings (SSSR count). The monoisotopic (exact) mass is 343 g/mol. The van der Waals surface area contributed by atoms with E-state index >= 15 is 0 Å². The molecule has 130 valence electrons. The first-order valence-corrected chi connectivity index (χ1v) is 9.57. The minimum Gasteiger partial charge on any atom is -0.354 e. The minimum atomic E-state index is -3.13. The van der Waals surface area contributed by atoms with Gasteiger partial charge in [-0.15, -0.1) is 0 Å². The Hall–Kier alpha value is -1.45. The molecule has 0 aromatic carbocycles. The zero-order valence-corrected chi connectivity index (χ0v) is 14.5. The molecule has 1 aromatic heterocycles. The Bertz CT molecular complexity index is 628. The van der Waals surface area contributed by atoms with Gasteiger partial charge in [-0.25, -0.2) is 13.1 Å². The van der Waals surface area contributed by atoms with Crippen LogP contribution in [0.2, 0.25) is 0 Å². The van der Waals surface area contributed by atoms with Gasteiger partial charge in [0.15, 0.2) is 0 Å². The van der Waals surface area contributed by atoms with Crippen LogP contribution < -0.4 is 10.0 Å². The first kappa shape index (κ1) is 17.9. The molecule has 0 bridgehead atoms. The van der Waals surface area contributed by atoms with E-state index in [-0.39, 0.29) is 17.7 Å². The number of sulfonamides is 1. The van der Waals surface area contributed by atoms with E-state index in [2.05, 4.69) is 20.0 Å². The molecule has 1 fully saturated rings. The number of amides is 1. The Morgan fingerprint density at radius 1 is 1.48 bits per heavy atom. The third-order valence-electron chi connectivity index (χ3n) is 4.05. The van der Waals surface area contributed by atoms with E-state index in [9.17, 15) is 13.2 Å². The minimum absolute atomic E-state index is 0.102. The van der Waals surface area contributed by atoms with Crippen LogP contribution in [0.4, 0.5) is 0 Å². The Morgan fingerprint density at radius 3 is 2.96 bits per heavy atom. The van der Waals surface area contributed by atoms with Crippen molar-refractivity contribution in [3.8, 4) is 0 Å². The summed E-state index contributed by atoms with van der Waals surface area (Å²) in [6, 6.07) is 1.93. The van der Waals surface area contributed by atoms with E-state index in [1.54, 1.807) is 20.0 Å². The lowest BCUT2D eigenvalue weighted by molar-refractivity contribution is 0.0956. The van der Waals surface area contributed by atoms with Gasteiger partial charge >= 0.3 is 0 Å². The summed E-state index contributed by atoms with van der Waals surface area (Å²) in [6.07, 6.45) is 3.87. The van der Waals surface area contributed by atoms with Gasteiger partial charge in [0.25, 0.3) is 5.91 Å². The Labute approximate surface area is 137 Å². The van der Waals surface area contributed by atoms with Crippen LogP contribution in [0, 0.1) is 0 Å². The average molecular weight is 343 g/mol. The highest BCUT2D eigenvalue weighted by molar-refractivity contribution is 7.89. The largest absolute Gasteiger partial charge is 0.354 e. The van der Waals surface area contributed by atoms with E-state index in [1.807, 2.05) is 10.9 Å². The quantitative estimate of drug-likeness (QED) is 0.716. The molecule has 2 N–H and O–H groups in total. The second-order valence-electron chi connectivity index (χ2n) is 5.65. The molecule has 0 saturated carbocycles. The van der Waals surface area contributed by atoms with Gasteiger partial charge < -0.3 is 5.32 Å². The molecule has 1 aromatic rings. The number of carbonyl (C=O) groups excluding carboxylic acids is 1. The zero-order chi connectivity index (χ0) is 16.9. The second-order valence-corrected chi connectivity index (χ2v) is 7.75. The number of hydrogen-bond acceptors (Lipinski definition) is 5. The maximum absolute atomic E-state index is 11.6. The predicted octanol–water partition coefficient (Wildman–Crippen LogP) is -0.181. The lowest BCUT2D eigenvalue weighted by atomic mass is 10.1. The fourth-order valence-electron chi connectivity index (χ4n) is 2.70. The second kappa shape index (κ2) is 7.89. The fraction of sp³-hybridized carbons (Fsp3) is 0.714. The first-order chi connectivity index (χ1) is 10.9. The summed E-state index contributed by atoms with van der Waals surface area (Å²) in [4.78, 5) is 13.8. The van der Waals surface area contributed by atoms with Gasteiger partial charge in [0.2, 0.25) is 10.0 Å². The summed E-state index contributed by atoms with van der Waals surface area (Å²) in [5.74, 6) is -0.0871. The van der Waals surface area contributed by atoms with Crippen molar-refractivity contribution in [2.24, 2.45) is 0 Å². The van der Waals surface area contributed by atoms with Crippen molar-refractivity contribution >= 4 is 15.9 Å². The Balaban J connectivity index is 1.88. The van der Waals surface area contributed by atoms with Crippen LogP contribution >= 0.6 is 0 Å². The fourth-order valence-corrected chi connectivity index (χ4v) is 3.31. The van der Waals surface area contributed by atoms with E-state index < -0.39 is 10.0 Å². The summed E-state index contributed by atoms with van der Waals surface area (Å²) >= 11 is 0. The SMILES string of the molecule is CCS(=O)(=O)NCCN1CCC[C@@H](n2ccc(C(=O)NC)n2)C1. The lowest BCUT2D eigenvalue weighted by Gasteiger charge is -2.32. The van der Waals surface area contributed by atoms with E-state index in [4.69, 9.17) is 0 Å². The summed E-state index contributed by atoms with van der Waals surface area (Å²) in [6.45, 7) is 4.49. The highest BCUT2D eigenvalue weighted by Crippen LogP contribution is 2.20. The summed E-state index contributed by atoms with van der Waals surface area (Å²) in [7, 11) is -1.55. The molecule has 2 heterocycles. The number of nitrogens with zero attached hydrogens (tertiary/aromatic N) is 3. The van der Waals surface area contributed by atoms with Gasteiger partial charge in [-0.1, -0.05) is 0 Å². The van der Waals surface area contributed by atoms with Crippen molar-refractivity contribution in [2.45, 2.75) is 25.8 Å². The molecule has 1 aliphatic heterocycles. The number of rotatable bonds is 7. The van der Waals surface area contributed by atoms with Gasteiger partial charge in [-0.2, -0.15) is 5.10 Å². The van der Waals surface area contributed by atoms with Gasteiger partial charge in [-0.05, 0) is 32.4 Å². The molecule has 8 nitrogen and oxygen atoms in total. The summed E-state index contributed by atoms with van der Waals surface area (Å²) in [5.41, 5.74) is 0.417. The molecule has 1 aliphatic rings. The smallest absolute Gasteiger partial charge is 0.271 e. The number of likely N-dealkylation sites (tertiary alicyclic amines) is 1. The van der Waals surface area contributed by atoms with Gasteiger partial charge in [0.05, 0.1) is 11.8 Å². The Kier molecular flexibility index (Phi) is 6.14. The Morgan fingerprint density at radius 2 is 2.26 bits per heavy atom. The molecule has 1 saturated heterocycles. The molecule has 0 unspecified atom stereocenters. The van der Waals surface area contributed by atoms with Crippen molar-refractivity contribution in [1.29, 1.82) is 0 Å². The van der Waals surface area contributed by atoms with E-state index in [0.29, 0.717) is 18.8 Å². The topological polar surface area (TPSA) is 96.3 Å². The number of nitrogens with one attached hydrogen (secondary N) is 2. The number of aromatic nitrogens is 2. The molecule has 23 heavy (non-hydrogen) atoms. The van der Waals surface area contributed by atoms with Crippen LogP contribution in [0.15, 0.2) is 12.3 Å². The van der Waals surface area contributed by atoms with Crippen molar-refractivity contribution in [1.82, 2.24) is 24.7 Å². The third-order valence-corrected chi connectivity index (χ3v) is 5.46. The lowest BCUT2D eigenvalue weighted by Crippen LogP contribution is -2.41. The van der Waals surface area contributed by atoms with E-state index in [1.165, 1.54) is 0 Å². The van der Waals surface area contributed by atoms with Gasteiger partial charge in [-0.3, -0.25) is 14.4 Å². The zero-order valence-electron chi connectivity index (χ0n) is 13.7. The molecule has 1 atom stereocenters. The number of carbonyl (C=O) groups is 1. The van der Waals surface area contributed by atoms with Crippen LogP contribution in [-0.4, -0.2) is 68.0 Å². The number of hydrogen-bond donors (Lipinski definition) is 2. The van der Waals surface area contributed by atoms with Crippen molar-refractivity contribution in [3.63, 3.8) is 0 Å². The molecule has 0 radical (unpaired) electrons. The predicted molar refractivity (Wildman–Crippen MR) is 87.8 cm³/mol.